The van der Waals surface area contributed by atoms with Crippen molar-refractivity contribution in [3.05, 3.63) is 50.8 Å². The van der Waals surface area contributed by atoms with Gasteiger partial charge in [0, 0.05) is 24.6 Å². The molecule has 1 aromatic carbocycles. The second-order valence-electron chi connectivity index (χ2n) is 6.14. The summed E-state index contributed by atoms with van der Waals surface area (Å²) in [6.45, 7) is 4.82. The van der Waals surface area contributed by atoms with Crippen molar-refractivity contribution in [1.82, 2.24) is 14.9 Å². The number of carbonyl (C=O) groups is 1. The number of hydrogen-bond acceptors (Lipinski definition) is 5. The van der Waals surface area contributed by atoms with Crippen molar-refractivity contribution in [2.24, 2.45) is 0 Å². The van der Waals surface area contributed by atoms with Gasteiger partial charge in [-0.3, -0.25) is 14.2 Å². The van der Waals surface area contributed by atoms with E-state index in [0.717, 1.165) is 12.1 Å². The number of halogens is 3. The number of ether oxygens (including phenoxy) is 2. The van der Waals surface area contributed by atoms with Crippen molar-refractivity contribution in [3.8, 4) is 11.9 Å². The lowest BCUT2D eigenvalue weighted by molar-refractivity contribution is -0.119. The van der Waals surface area contributed by atoms with Crippen molar-refractivity contribution in [2.75, 3.05) is 13.2 Å². The van der Waals surface area contributed by atoms with Crippen LogP contribution in [0.3, 0.4) is 0 Å². The number of benzene rings is 1. The van der Waals surface area contributed by atoms with Crippen LogP contribution < -0.4 is 20.3 Å². The predicted octanol–water partition coefficient (Wildman–Crippen LogP) is 2.85. The zero-order valence-electron chi connectivity index (χ0n) is 15.6. The van der Waals surface area contributed by atoms with E-state index >= 15 is 0 Å². The van der Waals surface area contributed by atoms with Gasteiger partial charge in [0.15, 0.2) is 5.02 Å². The number of rotatable bonds is 8. The Kier molecular flexibility index (Phi) is 7.33. The van der Waals surface area contributed by atoms with Crippen LogP contribution in [0.2, 0.25) is 5.02 Å². The molecule has 0 saturated heterocycles. The Labute approximate surface area is 165 Å². The maximum atomic E-state index is 13.8. The molecule has 0 bridgehead atoms. The van der Waals surface area contributed by atoms with Crippen molar-refractivity contribution in [3.63, 3.8) is 0 Å². The minimum absolute atomic E-state index is 0.0515. The van der Waals surface area contributed by atoms with Gasteiger partial charge < -0.3 is 14.8 Å². The first-order chi connectivity index (χ1) is 13.2. The molecule has 1 amide bonds. The summed E-state index contributed by atoms with van der Waals surface area (Å²) in [7, 11) is 0. The lowest BCUT2D eigenvalue weighted by Gasteiger charge is -2.18. The lowest BCUT2D eigenvalue weighted by Crippen LogP contribution is -2.29. The quantitative estimate of drug-likeness (QED) is 0.670. The number of hydrogen-bond donors (Lipinski definition) is 1. The number of aromatic nitrogens is 2. The second-order valence-corrected chi connectivity index (χ2v) is 6.52. The molecule has 0 aliphatic heterocycles. The Bertz CT molecular complexity index is 918. The molecular formula is C18H20ClF2N3O4. The summed E-state index contributed by atoms with van der Waals surface area (Å²) >= 11 is 6.06. The summed E-state index contributed by atoms with van der Waals surface area (Å²) in [5.41, 5.74) is -0.517. The van der Waals surface area contributed by atoms with Crippen LogP contribution in [-0.4, -0.2) is 28.6 Å². The smallest absolute Gasteiger partial charge is 0.302 e. The maximum absolute atomic E-state index is 13.8. The Balaban J connectivity index is 2.25. The Morgan fingerprint density at radius 2 is 2.04 bits per heavy atom. The zero-order valence-corrected chi connectivity index (χ0v) is 16.3. The minimum atomic E-state index is -0.793. The minimum Gasteiger partial charge on any atom is -0.471 e. The van der Waals surface area contributed by atoms with Crippen molar-refractivity contribution < 1.29 is 23.0 Å². The molecule has 0 aliphatic rings. The SMILES string of the molecule is CC(=O)NCCOc1nc(OCc2ccc(F)cc2F)c(Cl)c(=O)n1C(C)C. The fraction of sp³-hybridized carbons (Fsp3) is 0.389. The van der Waals surface area contributed by atoms with E-state index < -0.39 is 17.2 Å². The third-order valence-corrected chi connectivity index (χ3v) is 3.92. The fourth-order valence-corrected chi connectivity index (χ4v) is 2.47. The fourth-order valence-electron chi connectivity index (χ4n) is 2.28. The Hall–Kier alpha value is -2.68. The number of amides is 1. The molecule has 2 rings (SSSR count). The highest BCUT2D eigenvalue weighted by atomic mass is 35.5. The monoisotopic (exact) mass is 415 g/mol. The van der Waals surface area contributed by atoms with E-state index in [2.05, 4.69) is 10.3 Å². The zero-order chi connectivity index (χ0) is 20.8. The highest BCUT2D eigenvalue weighted by Crippen LogP contribution is 2.24. The van der Waals surface area contributed by atoms with Gasteiger partial charge in [-0.05, 0) is 26.0 Å². The highest BCUT2D eigenvalue weighted by Gasteiger charge is 2.20. The summed E-state index contributed by atoms with van der Waals surface area (Å²) in [5.74, 6) is -1.97. The number of nitrogens with one attached hydrogen (secondary N) is 1. The van der Waals surface area contributed by atoms with E-state index in [4.69, 9.17) is 21.1 Å². The Morgan fingerprint density at radius 3 is 2.64 bits per heavy atom. The molecule has 0 aliphatic carbocycles. The van der Waals surface area contributed by atoms with E-state index in [1.807, 2.05) is 0 Å². The van der Waals surface area contributed by atoms with Crippen LogP contribution in [-0.2, 0) is 11.4 Å². The molecule has 1 N–H and O–H groups in total. The molecule has 7 nitrogen and oxygen atoms in total. The van der Waals surface area contributed by atoms with E-state index in [1.165, 1.54) is 17.6 Å². The molecule has 0 saturated carbocycles. The van der Waals surface area contributed by atoms with Crippen LogP contribution >= 0.6 is 11.6 Å². The van der Waals surface area contributed by atoms with Crippen LogP contribution in [0.15, 0.2) is 23.0 Å². The van der Waals surface area contributed by atoms with Crippen molar-refractivity contribution >= 4 is 17.5 Å². The van der Waals surface area contributed by atoms with Crippen molar-refractivity contribution in [1.29, 1.82) is 0 Å². The second kappa shape index (κ2) is 9.50. The van der Waals surface area contributed by atoms with Gasteiger partial charge in [-0.1, -0.05) is 11.6 Å². The Morgan fingerprint density at radius 1 is 1.32 bits per heavy atom. The largest absolute Gasteiger partial charge is 0.471 e. The predicted molar refractivity (Wildman–Crippen MR) is 98.8 cm³/mol. The summed E-state index contributed by atoms with van der Waals surface area (Å²) in [6.07, 6.45) is 0. The molecule has 10 heteroatoms. The summed E-state index contributed by atoms with van der Waals surface area (Å²) in [4.78, 5) is 27.6. The van der Waals surface area contributed by atoms with E-state index in [-0.39, 0.29) is 54.2 Å². The van der Waals surface area contributed by atoms with Crippen LogP contribution in [0.1, 0.15) is 32.4 Å². The van der Waals surface area contributed by atoms with Crippen LogP contribution in [0.5, 0.6) is 11.9 Å². The van der Waals surface area contributed by atoms with Crippen LogP contribution in [0.4, 0.5) is 8.78 Å². The molecular weight excluding hydrogens is 396 g/mol. The molecule has 1 aromatic heterocycles. The van der Waals surface area contributed by atoms with Gasteiger partial charge in [0.2, 0.25) is 11.8 Å². The molecule has 0 unspecified atom stereocenters. The normalized spacial score (nSPS) is 10.8. The van der Waals surface area contributed by atoms with Gasteiger partial charge >= 0.3 is 6.01 Å². The van der Waals surface area contributed by atoms with Crippen LogP contribution in [0, 0.1) is 11.6 Å². The van der Waals surface area contributed by atoms with Gasteiger partial charge in [-0.25, -0.2) is 8.78 Å². The van der Waals surface area contributed by atoms with Gasteiger partial charge in [0.05, 0.1) is 6.54 Å². The molecule has 1 heterocycles. The van der Waals surface area contributed by atoms with Crippen LogP contribution in [0.25, 0.3) is 0 Å². The average molecular weight is 416 g/mol. The first kappa shape index (κ1) is 21.6. The standard InChI is InChI=1S/C18H20ClF2N3O4/c1-10(2)24-17(26)15(19)16(23-18(24)27-7-6-22-11(3)25)28-9-12-4-5-13(20)8-14(12)21/h4-5,8,10H,6-7,9H2,1-3H3,(H,22,25). The summed E-state index contributed by atoms with van der Waals surface area (Å²) in [5, 5.41) is 2.27. The summed E-state index contributed by atoms with van der Waals surface area (Å²) in [6, 6.07) is 2.67. The third kappa shape index (κ3) is 5.41. The maximum Gasteiger partial charge on any atom is 0.302 e. The van der Waals surface area contributed by atoms with E-state index in [0.29, 0.717) is 0 Å². The van der Waals surface area contributed by atoms with Crippen molar-refractivity contribution in [2.45, 2.75) is 33.4 Å². The molecule has 0 atom stereocenters. The first-order valence-electron chi connectivity index (χ1n) is 8.46. The topological polar surface area (TPSA) is 82.5 Å². The van der Waals surface area contributed by atoms with Gasteiger partial charge in [0.1, 0.15) is 24.8 Å². The highest BCUT2D eigenvalue weighted by molar-refractivity contribution is 6.31. The lowest BCUT2D eigenvalue weighted by atomic mass is 10.2. The molecule has 28 heavy (non-hydrogen) atoms. The first-order valence-corrected chi connectivity index (χ1v) is 8.84. The molecule has 2 aromatic rings. The molecule has 152 valence electrons. The third-order valence-electron chi connectivity index (χ3n) is 3.60. The summed E-state index contributed by atoms with van der Waals surface area (Å²) < 4.78 is 38.9. The molecule has 0 radical (unpaired) electrons. The van der Waals surface area contributed by atoms with Gasteiger partial charge in [-0.2, -0.15) is 4.98 Å². The number of carbonyl (C=O) groups excluding carboxylic acids is 1. The molecule has 0 spiro atoms. The average Bonchev–Trinajstić information content (AvgIpc) is 2.61. The van der Waals surface area contributed by atoms with Gasteiger partial charge in [0.25, 0.3) is 5.56 Å². The van der Waals surface area contributed by atoms with E-state index in [1.54, 1.807) is 13.8 Å². The van der Waals surface area contributed by atoms with Gasteiger partial charge in [-0.15, -0.1) is 0 Å². The number of nitrogens with zero attached hydrogens (tertiary/aromatic N) is 2. The van der Waals surface area contributed by atoms with E-state index in [9.17, 15) is 18.4 Å². The molecule has 0 fully saturated rings.